The lowest BCUT2D eigenvalue weighted by Gasteiger charge is -2.32. The lowest BCUT2D eigenvalue weighted by molar-refractivity contribution is 0.145. The van der Waals surface area contributed by atoms with Crippen LogP contribution in [0.2, 0.25) is 0 Å². The number of rotatable bonds is 13. The minimum atomic E-state index is -0.676. The van der Waals surface area contributed by atoms with Crippen molar-refractivity contribution in [3.63, 3.8) is 0 Å². The van der Waals surface area contributed by atoms with Crippen LogP contribution in [-0.4, -0.2) is 82.4 Å². The fraction of sp³-hybridized carbons (Fsp3) is 0.342. The van der Waals surface area contributed by atoms with E-state index >= 15 is 4.39 Å². The van der Waals surface area contributed by atoms with Gasteiger partial charge in [0, 0.05) is 57.1 Å². The molecule has 3 heterocycles. The van der Waals surface area contributed by atoms with Gasteiger partial charge in [-0.1, -0.05) is 35.5 Å². The molecule has 1 aliphatic rings. The summed E-state index contributed by atoms with van der Waals surface area (Å²) in [5.74, 6) is 1.45. The maximum absolute atomic E-state index is 15.5. The SMILES string of the molecule is Cc1noc(CCc2cccc(N(C(=O)Oc3c(C)cccc3C)c3ccncn3)c2Nc2ccc(OCCCN3CCN(C)CC3)c(F)c2)n1. The molecule has 0 spiro atoms. The average Bonchev–Trinajstić information content (AvgIpc) is 3.55. The zero-order valence-electron chi connectivity index (χ0n) is 29.4. The molecule has 0 bridgehead atoms. The van der Waals surface area contributed by atoms with E-state index in [1.54, 1.807) is 37.4 Å². The molecule has 0 aliphatic carbocycles. The van der Waals surface area contributed by atoms with Crippen molar-refractivity contribution in [3.8, 4) is 11.5 Å². The van der Waals surface area contributed by atoms with E-state index in [4.69, 9.17) is 14.0 Å². The number of carbonyl (C=O) groups excluding carboxylic acids is 1. The Morgan fingerprint density at radius 1 is 1.00 bits per heavy atom. The Kier molecular flexibility index (Phi) is 11.5. The molecule has 1 saturated heterocycles. The van der Waals surface area contributed by atoms with Gasteiger partial charge in [-0.15, -0.1) is 0 Å². The monoisotopic (exact) mass is 694 g/mol. The highest BCUT2D eigenvalue weighted by molar-refractivity contribution is 6.00. The molecule has 266 valence electrons. The lowest BCUT2D eigenvalue weighted by Crippen LogP contribution is -2.44. The van der Waals surface area contributed by atoms with Gasteiger partial charge in [-0.2, -0.15) is 4.98 Å². The lowest BCUT2D eigenvalue weighted by atomic mass is 10.0. The van der Waals surface area contributed by atoms with Crippen LogP contribution in [0.5, 0.6) is 11.5 Å². The first-order valence-electron chi connectivity index (χ1n) is 17.1. The number of para-hydroxylation sites is 2. The van der Waals surface area contributed by atoms with Gasteiger partial charge in [0.25, 0.3) is 0 Å². The zero-order valence-corrected chi connectivity index (χ0v) is 29.4. The summed E-state index contributed by atoms with van der Waals surface area (Å²) in [5.41, 5.74) is 3.88. The number of aromatic nitrogens is 4. The molecule has 0 atom stereocenters. The number of amides is 1. The fourth-order valence-corrected chi connectivity index (χ4v) is 6.01. The molecule has 51 heavy (non-hydrogen) atoms. The summed E-state index contributed by atoms with van der Waals surface area (Å²) in [7, 11) is 2.13. The van der Waals surface area contributed by atoms with Crippen molar-refractivity contribution < 1.29 is 23.2 Å². The molecule has 0 saturated carbocycles. The Bertz CT molecular complexity index is 1910. The number of aryl methyl sites for hydroxylation is 5. The van der Waals surface area contributed by atoms with Gasteiger partial charge in [0.1, 0.15) is 17.9 Å². The van der Waals surface area contributed by atoms with Gasteiger partial charge in [-0.25, -0.2) is 24.1 Å². The first-order valence-corrected chi connectivity index (χ1v) is 17.1. The van der Waals surface area contributed by atoms with Gasteiger partial charge in [0.2, 0.25) is 5.89 Å². The van der Waals surface area contributed by atoms with Crippen LogP contribution in [0.4, 0.5) is 32.1 Å². The van der Waals surface area contributed by atoms with E-state index in [0.717, 1.165) is 55.8 Å². The minimum Gasteiger partial charge on any atom is -0.490 e. The summed E-state index contributed by atoms with van der Waals surface area (Å²) in [6.45, 7) is 11.0. The number of nitrogens with zero attached hydrogens (tertiary/aromatic N) is 7. The smallest absolute Gasteiger partial charge is 0.425 e. The van der Waals surface area contributed by atoms with Crippen LogP contribution in [0.15, 0.2) is 77.7 Å². The van der Waals surface area contributed by atoms with Gasteiger partial charge in [0.15, 0.2) is 17.4 Å². The summed E-state index contributed by atoms with van der Waals surface area (Å²) in [6.07, 6.45) is 3.95. The second-order valence-electron chi connectivity index (χ2n) is 12.7. The molecule has 6 rings (SSSR count). The molecule has 1 aliphatic heterocycles. The number of benzene rings is 3. The number of piperazine rings is 1. The summed E-state index contributed by atoms with van der Waals surface area (Å²) in [5, 5.41) is 7.30. The van der Waals surface area contributed by atoms with E-state index in [1.807, 2.05) is 44.2 Å². The van der Waals surface area contributed by atoms with Crippen molar-refractivity contribution in [3.05, 3.63) is 107 Å². The molecule has 2 aromatic heterocycles. The second kappa shape index (κ2) is 16.5. The van der Waals surface area contributed by atoms with Crippen LogP contribution in [0.25, 0.3) is 0 Å². The summed E-state index contributed by atoms with van der Waals surface area (Å²) < 4.78 is 32.8. The Morgan fingerprint density at radius 3 is 2.49 bits per heavy atom. The maximum Gasteiger partial charge on any atom is 0.425 e. The number of hydrogen-bond donors (Lipinski definition) is 1. The molecule has 0 unspecified atom stereocenters. The quantitative estimate of drug-likeness (QED) is 0.131. The number of likely N-dealkylation sites (N-methyl/N-ethyl adjacent to an activating group) is 1. The number of hydrogen-bond acceptors (Lipinski definition) is 11. The normalized spacial score (nSPS) is 13.6. The van der Waals surface area contributed by atoms with Crippen molar-refractivity contribution in [2.45, 2.75) is 40.0 Å². The van der Waals surface area contributed by atoms with E-state index in [9.17, 15) is 4.79 Å². The van der Waals surface area contributed by atoms with Crippen LogP contribution in [-0.2, 0) is 12.8 Å². The number of anilines is 4. The van der Waals surface area contributed by atoms with Gasteiger partial charge in [-0.3, -0.25) is 0 Å². The minimum absolute atomic E-state index is 0.180. The van der Waals surface area contributed by atoms with Gasteiger partial charge < -0.3 is 29.1 Å². The van der Waals surface area contributed by atoms with E-state index < -0.39 is 11.9 Å². The molecule has 5 aromatic rings. The van der Waals surface area contributed by atoms with Crippen molar-refractivity contribution in [1.82, 2.24) is 29.9 Å². The number of ether oxygens (including phenoxy) is 2. The van der Waals surface area contributed by atoms with Crippen molar-refractivity contribution in [1.29, 1.82) is 0 Å². The third-order valence-electron chi connectivity index (χ3n) is 8.80. The van der Waals surface area contributed by atoms with Gasteiger partial charge in [-0.05, 0) is 81.6 Å². The largest absolute Gasteiger partial charge is 0.490 e. The van der Waals surface area contributed by atoms with E-state index in [2.05, 4.69) is 42.3 Å². The van der Waals surface area contributed by atoms with E-state index in [1.165, 1.54) is 17.3 Å². The molecule has 1 amide bonds. The Hall–Kier alpha value is -5.40. The van der Waals surface area contributed by atoms with Crippen molar-refractivity contribution in [2.24, 2.45) is 0 Å². The average molecular weight is 695 g/mol. The Morgan fingerprint density at radius 2 is 1.78 bits per heavy atom. The maximum atomic E-state index is 15.5. The van der Waals surface area contributed by atoms with Gasteiger partial charge >= 0.3 is 6.09 Å². The van der Waals surface area contributed by atoms with Crippen LogP contribution < -0.4 is 19.7 Å². The highest BCUT2D eigenvalue weighted by Crippen LogP contribution is 2.38. The summed E-state index contributed by atoms with van der Waals surface area (Å²) in [4.78, 5) is 33.1. The first-order chi connectivity index (χ1) is 24.7. The Labute approximate surface area is 297 Å². The topological polar surface area (TPSA) is 122 Å². The molecular weight excluding hydrogens is 651 g/mol. The van der Waals surface area contributed by atoms with Crippen LogP contribution in [0.1, 0.15) is 34.8 Å². The van der Waals surface area contributed by atoms with Gasteiger partial charge in [0.05, 0.1) is 18.0 Å². The standard InChI is InChI=1S/C38H43FN8O4/c1-26-8-5-9-27(2)37(26)50-38(48)47(34-16-17-40-25-41-34)32-11-6-10-29(12-15-35-42-28(3)44-51-35)36(32)43-30-13-14-33(31(39)24-30)49-23-7-18-46-21-19-45(4)20-22-46/h5-6,8-11,13-14,16-17,24-25,43H,7,12,15,18-23H2,1-4H3. The highest BCUT2D eigenvalue weighted by atomic mass is 19.1. The fourth-order valence-electron chi connectivity index (χ4n) is 6.01. The predicted molar refractivity (Wildman–Crippen MR) is 193 cm³/mol. The third kappa shape index (κ3) is 9.04. The second-order valence-corrected chi connectivity index (χ2v) is 12.7. The third-order valence-corrected chi connectivity index (χ3v) is 8.80. The molecule has 0 radical (unpaired) electrons. The highest BCUT2D eigenvalue weighted by Gasteiger charge is 2.27. The first kappa shape index (κ1) is 35.4. The molecule has 1 fully saturated rings. The Balaban J connectivity index is 1.28. The van der Waals surface area contributed by atoms with Crippen LogP contribution in [0, 0.1) is 26.6 Å². The molecule has 1 N–H and O–H groups in total. The predicted octanol–water partition coefficient (Wildman–Crippen LogP) is 6.81. The van der Waals surface area contributed by atoms with E-state index in [-0.39, 0.29) is 5.75 Å². The van der Waals surface area contributed by atoms with Crippen molar-refractivity contribution in [2.75, 3.05) is 56.6 Å². The molecule has 3 aromatic carbocycles. The van der Waals surface area contributed by atoms with Crippen LogP contribution >= 0.6 is 0 Å². The van der Waals surface area contributed by atoms with Crippen molar-refractivity contribution >= 4 is 29.0 Å². The summed E-state index contributed by atoms with van der Waals surface area (Å²) >= 11 is 0. The number of nitrogens with one attached hydrogen (secondary N) is 1. The summed E-state index contributed by atoms with van der Waals surface area (Å²) in [6, 6.07) is 17.6. The molecular formula is C38H43FN8O4. The number of halogens is 1. The molecule has 12 nitrogen and oxygen atoms in total. The molecule has 13 heteroatoms. The van der Waals surface area contributed by atoms with E-state index in [0.29, 0.717) is 59.8 Å². The van der Waals surface area contributed by atoms with Crippen LogP contribution in [0.3, 0.4) is 0 Å². The number of carbonyl (C=O) groups is 1. The zero-order chi connectivity index (χ0) is 35.7.